The Morgan fingerprint density at radius 3 is 2.29 bits per heavy atom. The lowest BCUT2D eigenvalue weighted by Gasteiger charge is -2.02. The summed E-state index contributed by atoms with van der Waals surface area (Å²) in [6.45, 7) is 8.95. The highest BCUT2D eigenvalue weighted by Gasteiger charge is 2.56. The molecular weight excluding hydrogens is 206 g/mol. The van der Waals surface area contributed by atoms with Crippen LogP contribution in [0.2, 0.25) is 0 Å². The van der Waals surface area contributed by atoms with Gasteiger partial charge < -0.3 is 0 Å². The van der Waals surface area contributed by atoms with Crippen LogP contribution in [0.25, 0.3) is 0 Å². The van der Waals surface area contributed by atoms with E-state index in [4.69, 9.17) is 5.26 Å². The largest absolute Gasteiger partial charge is 0.192 e. The molecule has 0 bridgehead atoms. The average molecular weight is 225 g/mol. The van der Waals surface area contributed by atoms with E-state index in [-0.39, 0.29) is 0 Å². The van der Waals surface area contributed by atoms with Gasteiger partial charge in [0.05, 0.1) is 11.6 Å². The topological polar surface area (TPSA) is 23.8 Å². The van der Waals surface area contributed by atoms with E-state index in [9.17, 15) is 0 Å². The lowest BCUT2D eigenvalue weighted by atomic mass is 10.0. The van der Waals surface area contributed by atoms with Gasteiger partial charge in [0, 0.05) is 0 Å². The molecule has 1 nitrogen and oxygen atoms in total. The molecule has 0 spiro atoms. The van der Waals surface area contributed by atoms with Crippen molar-refractivity contribution in [1.82, 2.24) is 0 Å². The molecule has 1 aromatic carbocycles. The van der Waals surface area contributed by atoms with Crippen molar-refractivity contribution in [1.29, 1.82) is 5.26 Å². The van der Waals surface area contributed by atoms with Gasteiger partial charge in [-0.1, -0.05) is 37.6 Å². The Morgan fingerprint density at radius 2 is 1.82 bits per heavy atom. The lowest BCUT2D eigenvalue weighted by molar-refractivity contribution is 0.592. The molecule has 0 radical (unpaired) electrons. The first-order valence-electron chi connectivity index (χ1n) is 6.12. The Morgan fingerprint density at radius 1 is 1.24 bits per heavy atom. The van der Waals surface area contributed by atoms with Crippen molar-refractivity contribution in [2.75, 3.05) is 0 Å². The summed E-state index contributed by atoms with van der Waals surface area (Å²) in [5, 5.41) is 8.80. The fourth-order valence-corrected chi connectivity index (χ4v) is 2.75. The van der Waals surface area contributed by atoms with Crippen LogP contribution < -0.4 is 0 Å². The zero-order valence-electron chi connectivity index (χ0n) is 11.0. The molecule has 88 valence electrons. The number of benzene rings is 1. The second-order valence-electron chi connectivity index (χ2n) is 5.80. The van der Waals surface area contributed by atoms with Crippen molar-refractivity contribution in [3.63, 3.8) is 0 Å². The van der Waals surface area contributed by atoms with E-state index >= 15 is 0 Å². The highest BCUT2D eigenvalue weighted by atomic mass is 14.6. The second kappa shape index (κ2) is 4.04. The van der Waals surface area contributed by atoms with E-state index in [2.05, 4.69) is 52.0 Å². The number of nitriles is 1. The van der Waals surface area contributed by atoms with Crippen LogP contribution in [-0.2, 0) is 0 Å². The first-order valence-corrected chi connectivity index (χ1v) is 6.12. The van der Waals surface area contributed by atoms with E-state index in [1.54, 1.807) is 0 Å². The van der Waals surface area contributed by atoms with Crippen molar-refractivity contribution in [3.05, 3.63) is 47.0 Å². The minimum atomic E-state index is 0.353. The monoisotopic (exact) mass is 225 g/mol. The molecule has 1 aliphatic rings. The van der Waals surface area contributed by atoms with Gasteiger partial charge in [-0.2, -0.15) is 5.26 Å². The Bertz CT molecular complexity index is 481. The average Bonchev–Trinajstić information content (AvgIpc) is 2.80. The molecule has 2 atom stereocenters. The third kappa shape index (κ3) is 2.13. The summed E-state index contributed by atoms with van der Waals surface area (Å²) in [6, 6.07) is 10.2. The molecule has 1 aromatic rings. The van der Waals surface area contributed by atoms with Crippen molar-refractivity contribution >= 4 is 0 Å². The maximum atomic E-state index is 8.80. The highest BCUT2D eigenvalue weighted by molar-refractivity contribution is 5.39. The van der Waals surface area contributed by atoms with Gasteiger partial charge in [-0.3, -0.25) is 0 Å². The van der Waals surface area contributed by atoms with E-state index in [0.29, 0.717) is 17.3 Å². The Kier molecular flexibility index (Phi) is 2.83. The van der Waals surface area contributed by atoms with Crippen molar-refractivity contribution in [2.24, 2.45) is 11.3 Å². The van der Waals surface area contributed by atoms with Gasteiger partial charge in [0.1, 0.15) is 0 Å². The fourth-order valence-electron chi connectivity index (χ4n) is 2.75. The summed E-state index contributed by atoms with van der Waals surface area (Å²) in [4.78, 5) is 0. The van der Waals surface area contributed by atoms with Gasteiger partial charge in [0.15, 0.2) is 0 Å². The first kappa shape index (κ1) is 11.9. The van der Waals surface area contributed by atoms with Gasteiger partial charge in [-0.05, 0) is 48.8 Å². The molecule has 17 heavy (non-hydrogen) atoms. The summed E-state index contributed by atoms with van der Waals surface area (Å²) < 4.78 is 0. The van der Waals surface area contributed by atoms with Crippen LogP contribution in [0.4, 0.5) is 0 Å². The minimum absolute atomic E-state index is 0.353. The third-order valence-electron chi connectivity index (χ3n) is 3.82. The first-order chi connectivity index (χ1) is 7.96. The Labute approximate surface area is 104 Å². The number of hydrogen-bond acceptors (Lipinski definition) is 1. The Balaban J connectivity index is 2.24. The molecule has 1 fully saturated rings. The zero-order chi connectivity index (χ0) is 12.6. The number of rotatable bonds is 2. The SMILES string of the molecule is CC(C)=C[C@H]1[C@@H](c2ccc(C#N)cc2)C1(C)C. The molecule has 0 N–H and O–H groups in total. The predicted molar refractivity (Wildman–Crippen MR) is 70.6 cm³/mol. The second-order valence-corrected chi connectivity index (χ2v) is 5.80. The summed E-state index contributed by atoms with van der Waals surface area (Å²) in [5.41, 5.74) is 3.84. The number of allylic oxidation sites excluding steroid dienone is 2. The maximum absolute atomic E-state index is 8.80. The molecule has 1 heteroatoms. The van der Waals surface area contributed by atoms with E-state index in [0.717, 1.165) is 5.56 Å². The molecule has 0 amide bonds. The predicted octanol–water partition coefficient (Wildman–Crippen LogP) is 4.26. The van der Waals surface area contributed by atoms with Crippen molar-refractivity contribution in [2.45, 2.75) is 33.6 Å². The Hall–Kier alpha value is -1.55. The highest BCUT2D eigenvalue weighted by Crippen LogP contribution is 2.65. The lowest BCUT2D eigenvalue weighted by Crippen LogP contribution is -1.90. The summed E-state index contributed by atoms with van der Waals surface area (Å²) in [7, 11) is 0. The molecule has 0 saturated heterocycles. The molecular formula is C16H19N. The van der Waals surface area contributed by atoms with Gasteiger partial charge in [-0.15, -0.1) is 0 Å². The van der Waals surface area contributed by atoms with E-state index in [1.807, 2.05) is 12.1 Å². The molecule has 0 aromatic heterocycles. The van der Waals surface area contributed by atoms with Gasteiger partial charge in [-0.25, -0.2) is 0 Å². The summed E-state index contributed by atoms with van der Waals surface area (Å²) in [6.07, 6.45) is 2.38. The van der Waals surface area contributed by atoms with E-state index in [1.165, 1.54) is 11.1 Å². The van der Waals surface area contributed by atoms with Crippen LogP contribution in [0.3, 0.4) is 0 Å². The number of nitrogens with zero attached hydrogens (tertiary/aromatic N) is 1. The minimum Gasteiger partial charge on any atom is -0.192 e. The summed E-state index contributed by atoms with van der Waals surface area (Å²) >= 11 is 0. The van der Waals surface area contributed by atoms with Gasteiger partial charge in [0.25, 0.3) is 0 Å². The molecule has 1 saturated carbocycles. The van der Waals surface area contributed by atoms with Crippen LogP contribution in [0, 0.1) is 22.7 Å². The normalized spacial score (nSPS) is 24.9. The van der Waals surface area contributed by atoms with E-state index < -0.39 is 0 Å². The fraction of sp³-hybridized carbons (Fsp3) is 0.438. The van der Waals surface area contributed by atoms with Crippen molar-refractivity contribution < 1.29 is 0 Å². The number of hydrogen-bond donors (Lipinski definition) is 0. The van der Waals surface area contributed by atoms with Crippen LogP contribution in [0.5, 0.6) is 0 Å². The molecule has 0 unspecified atom stereocenters. The van der Waals surface area contributed by atoms with Crippen LogP contribution in [-0.4, -0.2) is 0 Å². The third-order valence-corrected chi connectivity index (χ3v) is 3.82. The van der Waals surface area contributed by atoms with Gasteiger partial charge >= 0.3 is 0 Å². The standard InChI is InChI=1S/C16H19N/c1-11(2)9-14-15(16(14,3)4)13-7-5-12(10-17)6-8-13/h5-9,14-15H,1-4H3/t14-,15+/m0/s1. The molecule has 2 rings (SSSR count). The maximum Gasteiger partial charge on any atom is 0.0991 e. The molecule has 0 heterocycles. The summed E-state index contributed by atoms with van der Waals surface area (Å²) in [5.74, 6) is 1.24. The van der Waals surface area contributed by atoms with Crippen LogP contribution >= 0.6 is 0 Å². The smallest absolute Gasteiger partial charge is 0.0991 e. The van der Waals surface area contributed by atoms with Gasteiger partial charge in [0.2, 0.25) is 0 Å². The van der Waals surface area contributed by atoms with Crippen LogP contribution in [0.15, 0.2) is 35.9 Å². The van der Waals surface area contributed by atoms with Crippen LogP contribution in [0.1, 0.15) is 44.7 Å². The van der Waals surface area contributed by atoms with Crippen molar-refractivity contribution in [3.8, 4) is 6.07 Å². The zero-order valence-corrected chi connectivity index (χ0v) is 11.0. The molecule has 0 aliphatic heterocycles. The quantitative estimate of drug-likeness (QED) is 0.690. The molecule has 1 aliphatic carbocycles.